The first-order valence-corrected chi connectivity index (χ1v) is 9.27. The summed E-state index contributed by atoms with van der Waals surface area (Å²) >= 11 is 0. The first-order valence-electron chi connectivity index (χ1n) is 7.83. The maximum absolute atomic E-state index is 13.1. The van der Waals surface area contributed by atoms with Crippen LogP contribution in [0.5, 0.6) is 0 Å². The number of aryl methyl sites for hydroxylation is 1. The van der Waals surface area contributed by atoms with Crippen molar-refractivity contribution in [1.29, 1.82) is 0 Å². The molecule has 0 spiro atoms. The van der Waals surface area contributed by atoms with Crippen LogP contribution in [0, 0.1) is 6.92 Å². The van der Waals surface area contributed by atoms with E-state index in [2.05, 4.69) is 4.74 Å². The summed E-state index contributed by atoms with van der Waals surface area (Å²) in [6.45, 7) is 2.36. The molecule has 7 nitrogen and oxygen atoms in total. The second-order valence-corrected chi connectivity index (χ2v) is 7.40. The molecule has 25 heavy (non-hydrogen) atoms. The van der Waals surface area contributed by atoms with Crippen LogP contribution in [0.3, 0.4) is 0 Å². The van der Waals surface area contributed by atoms with Gasteiger partial charge in [-0.2, -0.15) is 4.31 Å². The van der Waals surface area contributed by atoms with Crippen LogP contribution in [0.15, 0.2) is 45.7 Å². The highest BCUT2D eigenvalue weighted by Gasteiger charge is 2.30. The van der Waals surface area contributed by atoms with E-state index in [1.165, 1.54) is 24.4 Å². The van der Waals surface area contributed by atoms with Gasteiger partial charge < -0.3 is 14.9 Å². The number of hydrogen-bond donors (Lipinski definition) is 1. The number of benzene rings is 1. The Balaban J connectivity index is 2.37. The highest BCUT2D eigenvalue weighted by molar-refractivity contribution is 7.89. The van der Waals surface area contributed by atoms with Crippen LogP contribution >= 0.6 is 0 Å². The number of carbonyl (C=O) groups excluding carboxylic acids is 1. The molecule has 136 valence electrons. The van der Waals surface area contributed by atoms with Gasteiger partial charge in [0.15, 0.2) is 0 Å². The van der Waals surface area contributed by atoms with Crippen molar-refractivity contribution < 1.29 is 22.4 Å². The molecule has 2 N–H and O–H groups in total. The highest BCUT2D eigenvalue weighted by atomic mass is 32.2. The molecule has 8 heteroatoms. The molecule has 2 rings (SSSR count). The van der Waals surface area contributed by atoms with Crippen LogP contribution in [-0.2, 0) is 21.3 Å². The number of esters is 1. The lowest BCUT2D eigenvalue weighted by atomic mass is 10.2. The van der Waals surface area contributed by atoms with Crippen molar-refractivity contribution in [2.45, 2.75) is 24.8 Å². The predicted molar refractivity (Wildman–Crippen MR) is 92.5 cm³/mol. The molecule has 0 bridgehead atoms. The molecule has 0 amide bonds. The molecular formula is C17H22N2O5S. The largest absolute Gasteiger partial charge is 0.463 e. The first kappa shape index (κ1) is 19.2. The molecule has 0 saturated heterocycles. The van der Waals surface area contributed by atoms with Crippen molar-refractivity contribution in [1.82, 2.24) is 4.31 Å². The number of hydrogen-bond acceptors (Lipinski definition) is 6. The number of carbonyl (C=O) groups is 1. The van der Waals surface area contributed by atoms with Gasteiger partial charge in [0.2, 0.25) is 15.8 Å². The third-order valence-corrected chi connectivity index (χ3v) is 5.64. The van der Waals surface area contributed by atoms with Gasteiger partial charge in [-0.05, 0) is 25.5 Å². The molecule has 1 heterocycles. The van der Waals surface area contributed by atoms with Crippen molar-refractivity contribution in [3.8, 4) is 0 Å². The van der Waals surface area contributed by atoms with E-state index in [9.17, 15) is 13.2 Å². The van der Waals surface area contributed by atoms with E-state index >= 15 is 0 Å². The summed E-state index contributed by atoms with van der Waals surface area (Å²) < 4.78 is 37.3. The van der Waals surface area contributed by atoms with Gasteiger partial charge in [0, 0.05) is 19.2 Å². The average Bonchev–Trinajstić information content (AvgIpc) is 3.01. The van der Waals surface area contributed by atoms with Gasteiger partial charge >= 0.3 is 5.97 Å². The van der Waals surface area contributed by atoms with Gasteiger partial charge in [-0.1, -0.05) is 30.3 Å². The van der Waals surface area contributed by atoms with Crippen LogP contribution < -0.4 is 5.73 Å². The number of nitrogens with two attached hydrogens (primary N) is 1. The van der Waals surface area contributed by atoms with E-state index < -0.39 is 16.0 Å². The molecule has 0 atom stereocenters. The van der Waals surface area contributed by atoms with Gasteiger partial charge in [0.05, 0.1) is 7.11 Å². The summed E-state index contributed by atoms with van der Waals surface area (Å²) in [4.78, 5) is 11.6. The molecule has 1 aromatic heterocycles. The summed E-state index contributed by atoms with van der Waals surface area (Å²) in [5, 5.41) is 0. The minimum Gasteiger partial charge on any atom is -0.463 e. The molecule has 0 aliphatic carbocycles. The van der Waals surface area contributed by atoms with Gasteiger partial charge in [-0.3, -0.25) is 0 Å². The zero-order chi connectivity index (χ0) is 18.4. The lowest BCUT2D eigenvalue weighted by Gasteiger charge is -2.21. The molecule has 0 radical (unpaired) electrons. The predicted octanol–water partition coefficient (Wildman–Crippen LogP) is 1.91. The Morgan fingerprint density at radius 1 is 1.28 bits per heavy atom. The van der Waals surface area contributed by atoms with Crippen molar-refractivity contribution in [3.05, 3.63) is 53.5 Å². The maximum Gasteiger partial charge on any atom is 0.373 e. The summed E-state index contributed by atoms with van der Waals surface area (Å²) in [5.41, 5.74) is 6.40. The van der Waals surface area contributed by atoms with Gasteiger partial charge in [0.1, 0.15) is 10.7 Å². The monoisotopic (exact) mass is 366 g/mol. The average molecular weight is 366 g/mol. The number of sulfonamides is 1. The zero-order valence-corrected chi connectivity index (χ0v) is 15.1. The summed E-state index contributed by atoms with van der Waals surface area (Å²) in [6, 6.07) is 10.5. The fourth-order valence-electron chi connectivity index (χ4n) is 2.40. The van der Waals surface area contributed by atoms with Gasteiger partial charge in [-0.25, -0.2) is 13.2 Å². The van der Waals surface area contributed by atoms with Crippen molar-refractivity contribution >= 4 is 16.0 Å². The Morgan fingerprint density at radius 3 is 2.56 bits per heavy atom. The second kappa shape index (κ2) is 8.28. The standard InChI is InChI=1S/C17H22N2O5S/c1-13-16(11-15(24-13)17(20)23-2)25(21,22)19(10-6-9-18)12-14-7-4-3-5-8-14/h3-5,7-8,11H,6,9-10,12,18H2,1-2H3. The Morgan fingerprint density at radius 2 is 1.96 bits per heavy atom. The number of rotatable bonds is 8. The lowest BCUT2D eigenvalue weighted by molar-refractivity contribution is 0.0563. The van der Waals surface area contributed by atoms with E-state index in [0.29, 0.717) is 13.0 Å². The minimum atomic E-state index is -3.85. The molecule has 0 aliphatic rings. The number of ether oxygens (including phenoxy) is 1. The third kappa shape index (κ3) is 4.47. The Labute approximate surface area is 147 Å². The third-order valence-electron chi connectivity index (χ3n) is 3.69. The van der Waals surface area contributed by atoms with Crippen LogP contribution in [0.25, 0.3) is 0 Å². The smallest absolute Gasteiger partial charge is 0.373 e. The molecule has 0 unspecified atom stereocenters. The van der Waals surface area contributed by atoms with Crippen LogP contribution in [0.2, 0.25) is 0 Å². The Bertz CT molecular complexity index is 815. The highest BCUT2D eigenvalue weighted by Crippen LogP contribution is 2.25. The van der Waals surface area contributed by atoms with Gasteiger partial charge in [-0.15, -0.1) is 0 Å². The quantitative estimate of drug-likeness (QED) is 0.716. The van der Waals surface area contributed by atoms with Crippen molar-refractivity contribution in [2.24, 2.45) is 5.73 Å². The fourth-order valence-corrected chi connectivity index (χ4v) is 4.03. The Kier molecular flexibility index (Phi) is 6.35. The molecule has 1 aromatic carbocycles. The molecule has 0 saturated carbocycles. The maximum atomic E-state index is 13.1. The summed E-state index contributed by atoms with van der Waals surface area (Å²) in [5.74, 6) is -0.718. The topological polar surface area (TPSA) is 103 Å². The van der Waals surface area contributed by atoms with E-state index in [0.717, 1.165) is 5.56 Å². The fraction of sp³-hybridized carbons (Fsp3) is 0.353. The molecule has 0 fully saturated rings. The van der Waals surface area contributed by atoms with E-state index in [4.69, 9.17) is 10.2 Å². The normalized spacial score (nSPS) is 11.7. The van der Waals surface area contributed by atoms with E-state index in [1.54, 1.807) is 0 Å². The van der Waals surface area contributed by atoms with Crippen molar-refractivity contribution in [2.75, 3.05) is 20.2 Å². The van der Waals surface area contributed by atoms with E-state index in [-0.39, 0.29) is 29.5 Å². The lowest BCUT2D eigenvalue weighted by Crippen LogP contribution is -2.32. The summed E-state index contributed by atoms with van der Waals surface area (Å²) in [6.07, 6.45) is 0.521. The summed E-state index contributed by atoms with van der Waals surface area (Å²) in [7, 11) is -2.64. The number of methoxy groups -OCH3 is 1. The zero-order valence-electron chi connectivity index (χ0n) is 14.3. The molecule has 0 aliphatic heterocycles. The second-order valence-electron chi connectivity index (χ2n) is 5.49. The van der Waals surface area contributed by atoms with Crippen LogP contribution in [-0.4, -0.2) is 38.9 Å². The molecule has 2 aromatic rings. The van der Waals surface area contributed by atoms with Crippen LogP contribution in [0.1, 0.15) is 28.3 Å². The molecular weight excluding hydrogens is 344 g/mol. The first-order chi connectivity index (χ1) is 11.9. The van der Waals surface area contributed by atoms with Crippen LogP contribution in [0.4, 0.5) is 0 Å². The van der Waals surface area contributed by atoms with E-state index in [1.807, 2.05) is 30.3 Å². The SMILES string of the molecule is COC(=O)c1cc(S(=O)(=O)N(CCCN)Cc2ccccc2)c(C)o1. The minimum absolute atomic E-state index is 0.0409. The van der Waals surface area contributed by atoms with Crippen molar-refractivity contribution in [3.63, 3.8) is 0 Å². The number of furan rings is 1. The van der Waals surface area contributed by atoms with Gasteiger partial charge in [0.25, 0.3) is 0 Å². The number of nitrogens with zero attached hydrogens (tertiary/aromatic N) is 1. The Hall–Kier alpha value is -2.16.